The average molecular weight is 572 g/mol. The van der Waals surface area contributed by atoms with Crippen molar-refractivity contribution >= 4 is 42.1 Å². The van der Waals surface area contributed by atoms with Gasteiger partial charge in [-0.05, 0) is 0 Å². The molecular weight excluding hydrogens is 562 g/mol. The van der Waals surface area contributed by atoms with E-state index in [0.29, 0.717) is 0 Å². The van der Waals surface area contributed by atoms with Crippen LogP contribution in [-0.2, 0) is 0 Å². The van der Waals surface area contributed by atoms with Crippen molar-refractivity contribution in [3.05, 3.63) is 60.7 Å². The van der Waals surface area contributed by atoms with Gasteiger partial charge in [-0.15, -0.1) is 0 Å². The average Bonchev–Trinajstić information content (AvgIpc) is 2.29. The van der Waals surface area contributed by atoms with Crippen LogP contribution < -0.4 is 6.54 Å². The number of hydrogen-bond donors (Lipinski definition) is 0. The first-order chi connectivity index (χ1) is 6.95. The van der Waals surface area contributed by atoms with Gasteiger partial charge in [0.2, 0.25) is 0 Å². The van der Waals surface area contributed by atoms with Gasteiger partial charge in [-0.3, -0.25) is 0 Å². The van der Waals surface area contributed by atoms with Gasteiger partial charge in [-0.25, -0.2) is 0 Å². The van der Waals surface area contributed by atoms with Crippen LogP contribution in [0.1, 0.15) is 0 Å². The van der Waals surface area contributed by atoms with Crippen molar-refractivity contribution in [2.45, 2.75) is 0 Å². The maximum absolute atomic E-state index is 2.31. The summed E-state index contributed by atoms with van der Waals surface area (Å²) in [6.45, 7) is 0. The predicted octanol–water partition coefficient (Wildman–Crippen LogP) is 0.961. The van der Waals surface area contributed by atoms with Gasteiger partial charge in [0.25, 0.3) is 0 Å². The molecule has 0 spiro atoms. The van der Waals surface area contributed by atoms with Gasteiger partial charge in [-0.1, -0.05) is 0 Å². The maximum atomic E-state index is 2.31. The summed E-state index contributed by atoms with van der Waals surface area (Å²) in [5, 5.41) is 0. The van der Waals surface area contributed by atoms with Crippen molar-refractivity contribution < 1.29 is 0 Å². The monoisotopic (exact) mass is 572 g/mol. The van der Waals surface area contributed by atoms with Crippen LogP contribution in [0.4, 0.5) is 0 Å². The molecule has 2 aromatic carbocycles. The fourth-order valence-corrected chi connectivity index (χ4v) is 21.4. The van der Waals surface area contributed by atoms with Crippen molar-refractivity contribution in [2.24, 2.45) is 0 Å². The van der Waals surface area contributed by atoms with Gasteiger partial charge in [-0.2, -0.15) is 0 Å². The molecule has 14 heavy (non-hydrogen) atoms. The predicted molar refractivity (Wildman–Crippen MR) is 63.7 cm³/mol. The molecule has 0 atom stereocenters. The van der Waals surface area contributed by atoms with Crippen molar-refractivity contribution in [1.29, 1.82) is 0 Å². The molecule has 0 saturated heterocycles. The van der Waals surface area contributed by atoms with E-state index in [9.17, 15) is 0 Å². The molecule has 0 radical (unpaired) electrons. The molecule has 0 amide bonds. The zero-order valence-electron chi connectivity index (χ0n) is 7.67. The quantitative estimate of drug-likeness (QED) is 0.471. The van der Waals surface area contributed by atoms with E-state index < -0.39 is 0 Å². The van der Waals surface area contributed by atoms with Crippen molar-refractivity contribution in [3.63, 3.8) is 0 Å². The minimum absolute atomic E-state index is 0.301. The van der Waals surface area contributed by atoms with Crippen LogP contribution >= 0.6 is 0 Å². The fourth-order valence-electron chi connectivity index (χ4n) is 1.10. The Labute approximate surface area is 102 Å². The van der Waals surface area contributed by atoms with Gasteiger partial charge in [0.15, 0.2) is 0 Å². The fraction of sp³-hybridized carbons (Fsp3) is 0. The Kier molecular flexibility index (Phi) is 4.54. The molecule has 0 bridgehead atoms. The van der Waals surface area contributed by atoms with Gasteiger partial charge < -0.3 is 0 Å². The third-order valence-electron chi connectivity index (χ3n) is 1.79. The van der Waals surface area contributed by atoms with Crippen LogP contribution in [0.2, 0.25) is 0 Å². The molecule has 0 fully saturated rings. The van der Waals surface area contributed by atoms with Crippen molar-refractivity contribution in [3.8, 4) is 0 Å². The van der Waals surface area contributed by atoms with E-state index in [-0.39, 0.29) is 35.6 Å². The van der Waals surface area contributed by atoms with E-state index in [1.54, 1.807) is 6.54 Å². The number of rotatable bonds is 2. The normalized spacial score (nSPS) is 10.6. The minimum atomic E-state index is -0.301. The Morgan fingerprint density at radius 1 is 0.500 bits per heavy atom. The molecule has 0 heterocycles. The molecule has 68 valence electrons. The zero-order chi connectivity index (χ0) is 9.64. The summed E-state index contributed by atoms with van der Waals surface area (Å²) in [5.41, 5.74) is 0. The Hall–Kier alpha value is 0.206. The second-order valence-corrected chi connectivity index (χ2v) is 22.1. The first-order valence-electron chi connectivity index (χ1n) is 4.47. The Bertz CT molecular complexity index is 365. The summed E-state index contributed by atoms with van der Waals surface area (Å²) < 4.78 is 3.35. The summed E-state index contributed by atoms with van der Waals surface area (Å²) in [6.07, 6.45) is 0. The van der Waals surface area contributed by atoms with E-state index in [1.165, 1.54) is 0 Å². The van der Waals surface area contributed by atoms with Gasteiger partial charge in [0.05, 0.1) is 0 Å². The summed E-state index contributed by atoms with van der Waals surface area (Å²) in [4.78, 5) is 0. The summed E-state index contributed by atoms with van der Waals surface area (Å²) in [6, 6.07) is 22.1. The molecule has 0 aliphatic rings. The van der Waals surface area contributed by atoms with Crippen LogP contribution in [0.15, 0.2) is 60.7 Å². The molecule has 2 heteroatoms. The van der Waals surface area contributed by atoms with Gasteiger partial charge in [0, 0.05) is 0 Å². The molecule has 0 saturated carbocycles. The van der Waals surface area contributed by atoms with E-state index in [0.717, 1.165) is 0 Å². The Morgan fingerprint density at radius 3 is 1.21 bits per heavy atom. The third-order valence-corrected chi connectivity index (χ3v) is 25.5. The van der Waals surface area contributed by atoms with Crippen molar-refractivity contribution in [1.82, 2.24) is 0 Å². The number of benzene rings is 2. The van der Waals surface area contributed by atoms with Crippen LogP contribution in [0.3, 0.4) is 0 Å². The molecule has 0 N–H and O–H groups in total. The van der Waals surface area contributed by atoms with E-state index in [1.807, 2.05) is 0 Å². The number of hydrogen-bond acceptors (Lipinski definition) is 0. The standard InChI is InChI=1S/2C6H5.2Bi/c2*1-2-4-6-5-3-1;;/h2*1-5H;;. The van der Waals surface area contributed by atoms with Crippen LogP contribution in [0, 0.1) is 0 Å². The third kappa shape index (κ3) is 3.41. The molecule has 2 rings (SSSR count). The summed E-state index contributed by atoms with van der Waals surface area (Å²) in [5.74, 6) is 0. The first-order valence-corrected chi connectivity index (χ1v) is 23.1. The van der Waals surface area contributed by atoms with Crippen LogP contribution in [0.25, 0.3) is 0 Å². The van der Waals surface area contributed by atoms with E-state index in [2.05, 4.69) is 60.7 Å². The Morgan fingerprint density at radius 2 is 0.857 bits per heavy atom. The summed E-state index contributed by atoms with van der Waals surface area (Å²) in [7, 11) is 0. The molecule has 0 aromatic heterocycles. The molecule has 2 aromatic rings. The first kappa shape index (κ1) is 10.7. The van der Waals surface area contributed by atoms with Gasteiger partial charge in [0.1, 0.15) is 0 Å². The van der Waals surface area contributed by atoms with E-state index in [4.69, 9.17) is 0 Å². The molecule has 0 aliphatic carbocycles. The van der Waals surface area contributed by atoms with Crippen molar-refractivity contribution in [2.75, 3.05) is 0 Å². The molecule has 0 unspecified atom stereocenters. The second kappa shape index (κ2) is 5.94. The zero-order valence-corrected chi connectivity index (χ0v) is 14.6. The van der Waals surface area contributed by atoms with Crippen LogP contribution in [-0.4, -0.2) is 35.6 Å². The SMILES string of the molecule is c1cc[c]([Bi]=[Bi][c]2ccccc2)cc1. The molecule has 0 nitrogen and oxygen atoms in total. The van der Waals surface area contributed by atoms with Gasteiger partial charge >= 0.3 is 103 Å². The molecular formula is C12H10Bi2. The second-order valence-electron chi connectivity index (χ2n) is 2.87. The topological polar surface area (TPSA) is 0 Å². The van der Waals surface area contributed by atoms with E-state index >= 15 is 0 Å². The summed E-state index contributed by atoms with van der Waals surface area (Å²) >= 11 is -0.602. The van der Waals surface area contributed by atoms with Crippen LogP contribution in [0.5, 0.6) is 0 Å². The Balaban J connectivity index is 2.16. The molecule has 0 aliphatic heterocycles.